The highest BCUT2D eigenvalue weighted by Gasteiger charge is 2.37. The molecule has 4 aliphatic rings. The number of rotatable bonds is 18. The van der Waals surface area contributed by atoms with Crippen molar-refractivity contribution >= 4 is 55.4 Å². The first kappa shape index (κ1) is 53.5. The summed E-state index contributed by atoms with van der Waals surface area (Å²) in [7, 11) is -1.66. The van der Waals surface area contributed by atoms with Gasteiger partial charge in [-0.15, -0.1) is 0 Å². The molecule has 77 heavy (non-hydrogen) atoms. The molecule has 1 amide bonds. The third-order valence-corrected chi connectivity index (χ3v) is 16.7. The molecule has 406 valence electrons. The number of hydroxylamine groups is 1. The summed E-state index contributed by atoms with van der Waals surface area (Å²) in [6, 6.07) is 25.3. The Labute approximate surface area is 449 Å². The number of sulfonamides is 1. The molecule has 0 bridgehead atoms. The molecule has 17 nitrogen and oxygen atoms in total. The molecule has 10 rings (SSSR count). The van der Waals surface area contributed by atoms with E-state index in [1.54, 1.807) is 26.2 Å². The number of pyridine rings is 1. The molecule has 2 aromatic heterocycles. The maximum atomic E-state index is 15.3. The number of aromatic nitrogens is 3. The second-order valence-corrected chi connectivity index (χ2v) is 22.3. The van der Waals surface area contributed by atoms with Crippen LogP contribution in [0.25, 0.3) is 22.4 Å². The molecule has 19 heteroatoms. The van der Waals surface area contributed by atoms with Crippen molar-refractivity contribution in [2.75, 3.05) is 83.5 Å². The smallest absolute Gasteiger partial charge is 0.268 e. The van der Waals surface area contributed by atoms with Gasteiger partial charge >= 0.3 is 0 Å². The topological polar surface area (TPSA) is 191 Å². The number of carbonyl (C=O) groups is 1. The average molecular weight is 1070 g/mol. The van der Waals surface area contributed by atoms with Crippen molar-refractivity contribution in [3.05, 3.63) is 137 Å². The van der Waals surface area contributed by atoms with Crippen LogP contribution in [0.4, 0.5) is 21.5 Å². The Kier molecular flexibility index (Phi) is 16.0. The predicted molar refractivity (Wildman–Crippen MR) is 296 cm³/mol. The number of hydrogen-bond donors (Lipinski definition) is 4. The Morgan fingerprint density at radius 1 is 1.00 bits per heavy atom. The van der Waals surface area contributed by atoms with Gasteiger partial charge in [-0.25, -0.2) is 27.5 Å². The van der Waals surface area contributed by atoms with E-state index in [1.807, 2.05) is 12.1 Å². The van der Waals surface area contributed by atoms with E-state index in [2.05, 4.69) is 96.5 Å². The lowest BCUT2D eigenvalue weighted by Gasteiger charge is -2.48. The van der Waals surface area contributed by atoms with Crippen molar-refractivity contribution in [1.82, 2.24) is 29.5 Å². The summed E-state index contributed by atoms with van der Waals surface area (Å²) in [5, 5.41) is 16.2. The second kappa shape index (κ2) is 23.0. The van der Waals surface area contributed by atoms with E-state index in [4.69, 9.17) is 18.9 Å². The molecule has 0 radical (unpaired) electrons. The molecular formula is C58H68FN9O8S. The van der Waals surface area contributed by atoms with Crippen LogP contribution in [0.2, 0.25) is 0 Å². The number of piperazine rings is 1. The molecule has 1 unspecified atom stereocenters. The van der Waals surface area contributed by atoms with Gasteiger partial charge in [0.05, 0.1) is 43.9 Å². The summed E-state index contributed by atoms with van der Waals surface area (Å²) in [6.07, 6.45) is 6.05. The van der Waals surface area contributed by atoms with E-state index in [9.17, 15) is 18.4 Å². The minimum absolute atomic E-state index is 0.0124. The molecule has 3 saturated heterocycles. The van der Waals surface area contributed by atoms with Crippen LogP contribution in [0.15, 0.2) is 103 Å². The quantitative estimate of drug-likeness (QED) is 0.0598. The predicted octanol–water partition coefficient (Wildman–Crippen LogP) is 8.75. The van der Waals surface area contributed by atoms with Gasteiger partial charge in [-0.1, -0.05) is 56.8 Å². The zero-order valence-electron chi connectivity index (χ0n) is 44.4. The van der Waals surface area contributed by atoms with Gasteiger partial charge in [-0.2, -0.15) is 0 Å². The van der Waals surface area contributed by atoms with Gasteiger partial charge in [0.25, 0.3) is 21.8 Å². The van der Waals surface area contributed by atoms with E-state index in [-0.39, 0.29) is 68.4 Å². The molecule has 6 aromatic rings. The van der Waals surface area contributed by atoms with Gasteiger partial charge in [0, 0.05) is 94.5 Å². The van der Waals surface area contributed by atoms with E-state index in [1.165, 1.54) is 54.3 Å². The number of anilines is 2. The van der Waals surface area contributed by atoms with Gasteiger partial charge in [0.15, 0.2) is 11.4 Å². The van der Waals surface area contributed by atoms with E-state index < -0.39 is 21.8 Å². The molecular weight excluding hydrogens is 1000 g/mol. The van der Waals surface area contributed by atoms with Crippen LogP contribution in [0.5, 0.6) is 23.1 Å². The summed E-state index contributed by atoms with van der Waals surface area (Å²) < 4.78 is 70.0. The Morgan fingerprint density at radius 2 is 1.77 bits per heavy atom. The number of imidazole rings is 1. The fraction of sp³-hybridized carbons (Fsp3) is 0.397. The van der Waals surface area contributed by atoms with Gasteiger partial charge in [-0.3, -0.25) is 14.6 Å². The van der Waals surface area contributed by atoms with Crippen LogP contribution >= 0.6 is 0 Å². The van der Waals surface area contributed by atoms with Gasteiger partial charge in [0.1, 0.15) is 33.4 Å². The molecule has 5 heterocycles. The number of hydrogen-bond acceptors (Lipinski definition) is 14. The summed E-state index contributed by atoms with van der Waals surface area (Å²) in [5.41, 5.74) is 6.29. The number of carbonyl (C=O) groups excluding carboxylic acids is 1. The van der Waals surface area contributed by atoms with Gasteiger partial charge in [-0.05, 0) is 103 Å². The Bertz CT molecular complexity index is 3280. The van der Waals surface area contributed by atoms with E-state index in [0.717, 1.165) is 63.3 Å². The van der Waals surface area contributed by atoms with Crippen molar-refractivity contribution in [3.63, 3.8) is 0 Å². The van der Waals surface area contributed by atoms with Crippen LogP contribution in [0.3, 0.4) is 0 Å². The first-order chi connectivity index (χ1) is 37.2. The van der Waals surface area contributed by atoms with Crippen molar-refractivity contribution in [2.24, 2.45) is 5.92 Å². The third-order valence-electron chi connectivity index (χ3n) is 15.3. The molecule has 3 fully saturated rings. The van der Waals surface area contributed by atoms with Crippen molar-refractivity contribution in [3.8, 4) is 23.1 Å². The highest BCUT2D eigenvalue weighted by Crippen LogP contribution is 2.43. The highest BCUT2D eigenvalue weighted by molar-refractivity contribution is 7.90. The normalized spacial score (nSPS) is 18.3. The minimum atomic E-state index is -4.70. The first-order valence-electron chi connectivity index (χ1n) is 26.6. The third kappa shape index (κ3) is 11.4. The largest absolute Gasteiger partial charge is 0.629 e. The molecule has 0 saturated carbocycles. The molecule has 2 atom stereocenters. The lowest BCUT2D eigenvalue weighted by atomic mass is 9.89. The molecule has 0 spiro atoms. The number of piperidine rings is 1. The number of nitrogens with zero attached hydrogens (tertiary/aromatic N) is 5. The number of quaternary nitrogens is 1. The van der Waals surface area contributed by atoms with Crippen LogP contribution in [0, 0.1) is 11.1 Å². The Hall–Kier alpha value is -6.87. The standard InChI is InChI=1S/C58H68FN9O8S/c1-7-75-58-51(30-46-47(59)28-37(4)53(46)63-58)76-50-29-41(14-17-45(50)57(69)64-77(71,72)52-31-48(65(5)70)54(56-55(52)61-35-62-56)60-32-38-20-26-74-27-21-38)67-22-18-40(19-23-67)68-25-24-66(33-39-12-15-42(73-6)16-13-39)34-49(68)44-11-9-8-10-43(44)36(2)3/h8-17,28-31,35-36,38,40,49,60,65H,4,7,18-27,32-34H2,1-3,5-6H3,(H,61,62)(H,64,69)/t49-/m0/s1. The Balaban J connectivity index is 0.935. The fourth-order valence-electron chi connectivity index (χ4n) is 11.3. The van der Waals surface area contributed by atoms with Crippen molar-refractivity contribution in [1.29, 1.82) is 0 Å². The number of aromatic amines is 1. The minimum Gasteiger partial charge on any atom is -0.629 e. The van der Waals surface area contributed by atoms with Crippen molar-refractivity contribution < 1.29 is 41.6 Å². The van der Waals surface area contributed by atoms with E-state index in [0.29, 0.717) is 67.2 Å². The number of ether oxygens (including phenoxy) is 4. The summed E-state index contributed by atoms with van der Waals surface area (Å²) in [4.78, 5) is 33.7. The summed E-state index contributed by atoms with van der Waals surface area (Å²) in [5.74, 6) is -0.0295. The van der Waals surface area contributed by atoms with Gasteiger partial charge in [0.2, 0.25) is 0 Å². The molecule has 1 aliphatic carbocycles. The summed E-state index contributed by atoms with van der Waals surface area (Å²) in [6.45, 7) is 17.2. The number of methoxy groups -OCH3 is 1. The highest BCUT2D eigenvalue weighted by atomic mass is 32.2. The van der Waals surface area contributed by atoms with Crippen LogP contribution < -0.4 is 34.2 Å². The Morgan fingerprint density at radius 3 is 2.49 bits per heavy atom. The summed E-state index contributed by atoms with van der Waals surface area (Å²) >= 11 is 0. The SMILES string of the molecule is C=C1C=C(F)c2cc(Oc3cc(N4CCC(N5CCN(Cc6ccc(OC)cc6)C[C@H]5c5ccccc5C(C)C)CC4)ccc3C(=O)NS(=O)(=O)c3cc([NH+](C)[O-])c(NCC4CCOCC4)c4[nH]cnc34)c(OCC)nc21. The first-order valence-corrected chi connectivity index (χ1v) is 28.1. The monoisotopic (exact) mass is 1070 g/mol. The molecule has 4 N–H and O–H groups in total. The van der Waals surface area contributed by atoms with Crippen LogP contribution in [-0.4, -0.2) is 118 Å². The molecule has 4 aromatic carbocycles. The number of H-pyrrole nitrogens is 1. The number of amides is 1. The number of nitrogens with one attached hydrogen (secondary N) is 4. The van der Waals surface area contributed by atoms with Crippen LogP contribution in [-0.2, 0) is 21.3 Å². The number of fused-ring (bicyclic) bond motifs is 2. The van der Waals surface area contributed by atoms with Crippen LogP contribution in [0.1, 0.15) is 96.7 Å². The molecule has 3 aliphatic heterocycles. The lowest BCUT2D eigenvalue weighted by Crippen LogP contribution is -2.98. The maximum Gasteiger partial charge on any atom is 0.268 e. The average Bonchev–Trinajstić information content (AvgIpc) is 4.10. The van der Waals surface area contributed by atoms with Gasteiger partial charge < -0.3 is 44.4 Å². The zero-order valence-corrected chi connectivity index (χ0v) is 45.2. The van der Waals surface area contributed by atoms with Crippen molar-refractivity contribution in [2.45, 2.75) is 75.9 Å². The van der Waals surface area contributed by atoms with E-state index >= 15 is 4.39 Å². The lowest BCUT2D eigenvalue weighted by molar-refractivity contribution is -0.750. The fourth-order valence-corrected chi connectivity index (χ4v) is 12.4. The zero-order chi connectivity index (χ0) is 54.0. The number of halogens is 1. The maximum absolute atomic E-state index is 15.3. The number of allylic oxidation sites excluding steroid dienone is 2. The second-order valence-electron chi connectivity index (χ2n) is 20.6. The number of benzene rings is 4.